The molecule has 0 unspecified atom stereocenters. The van der Waals surface area contributed by atoms with E-state index in [-0.39, 0.29) is 0 Å². The summed E-state index contributed by atoms with van der Waals surface area (Å²) < 4.78 is 1.89. The van der Waals surface area contributed by atoms with E-state index in [1.54, 1.807) is 12.3 Å². The first-order valence-electron chi connectivity index (χ1n) is 5.61. The minimum atomic E-state index is -0.412. The molecular formula is C14H15N2O+. The van der Waals surface area contributed by atoms with E-state index in [1.807, 2.05) is 29.0 Å². The van der Waals surface area contributed by atoms with Crippen molar-refractivity contribution >= 4 is 5.91 Å². The molecule has 2 aromatic rings. The van der Waals surface area contributed by atoms with Crippen molar-refractivity contribution in [1.29, 1.82) is 0 Å². The predicted molar refractivity (Wildman–Crippen MR) is 65.9 cm³/mol. The van der Waals surface area contributed by atoms with E-state index < -0.39 is 5.91 Å². The molecule has 0 aliphatic carbocycles. The summed E-state index contributed by atoms with van der Waals surface area (Å²) in [6.07, 6.45) is 4.66. The van der Waals surface area contributed by atoms with E-state index >= 15 is 0 Å². The molecule has 1 aromatic heterocycles. The second-order valence-electron chi connectivity index (χ2n) is 3.88. The molecule has 17 heavy (non-hydrogen) atoms. The number of hydrogen-bond acceptors (Lipinski definition) is 1. The first-order valence-corrected chi connectivity index (χ1v) is 5.61. The van der Waals surface area contributed by atoms with E-state index in [0.29, 0.717) is 5.56 Å². The van der Waals surface area contributed by atoms with Crippen molar-refractivity contribution < 1.29 is 9.36 Å². The van der Waals surface area contributed by atoms with Crippen molar-refractivity contribution in [3.05, 3.63) is 59.9 Å². The highest BCUT2D eigenvalue weighted by atomic mass is 16.1. The smallest absolute Gasteiger partial charge is 0.254 e. The second kappa shape index (κ2) is 4.78. The molecule has 0 atom stereocenters. The number of nitrogens with zero attached hydrogens (tertiary/aromatic N) is 1. The van der Waals surface area contributed by atoms with Crippen molar-refractivity contribution in [3.8, 4) is 5.69 Å². The summed E-state index contributed by atoms with van der Waals surface area (Å²) in [5.41, 5.74) is 8.07. The summed E-state index contributed by atoms with van der Waals surface area (Å²) in [5.74, 6) is -0.412. The van der Waals surface area contributed by atoms with Gasteiger partial charge in [0.15, 0.2) is 12.4 Å². The molecule has 1 aromatic carbocycles. The van der Waals surface area contributed by atoms with E-state index in [0.717, 1.165) is 12.1 Å². The number of rotatable bonds is 3. The van der Waals surface area contributed by atoms with Gasteiger partial charge in [0.1, 0.15) is 5.56 Å². The molecule has 3 nitrogen and oxygen atoms in total. The van der Waals surface area contributed by atoms with E-state index in [9.17, 15) is 4.79 Å². The number of hydrogen-bond donors (Lipinski definition) is 1. The minimum absolute atomic E-state index is 0.412. The molecule has 1 heterocycles. The average Bonchev–Trinajstić information content (AvgIpc) is 2.39. The van der Waals surface area contributed by atoms with Crippen molar-refractivity contribution in [2.75, 3.05) is 0 Å². The van der Waals surface area contributed by atoms with Crippen LogP contribution in [0.25, 0.3) is 5.69 Å². The molecule has 86 valence electrons. The van der Waals surface area contributed by atoms with Gasteiger partial charge in [0.2, 0.25) is 5.69 Å². The van der Waals surface area contributed by atoms with Gasteiger partial charge in [-0.2, -0.15) is 4.57 Å². The molecule has 0 radical (unpaired) electrons. The third-order valence-electron chi connectivity index (χ3n) is 2.73. The zero-order chi connectivity index (χ0) is 12.3. The van der Waals surface area contributed by atoms with Gasteiger partial charge >= 0.3 is 0 Å². The molecule has 2 rings (SSSR count). The highest BCUT2D eigenvalue weighted by molar-refractivity contribution is 5.92. The molecule has 0 spiro atoms. The zero-order valence-corrected chi connectivity index (χ0v) is 9.76. The van der Waals surface area contributed by atoms with Crippen LogP contribution in [0, 0.1) is 0 Å². The van der Waals surface area contributed by atoms with Crippen LogP contribution in [0.4, 0.5) is 0 Å². The average molecular weight is 227 g/mol. The van der Waals surface area contributed by atoms with Gasteiger partial charge in [-0.15, -0.1) is 0 Å². The Morgan fingerprint density at radius 1 is 1.24 bits per heavy atom. The van der Waals surface area contributed by atoms with Crippen molar-refractivity contribution in [2.45, 2.75) is 13.3 Å². The number of primary amides is 1. The van der Waals surface area contributed by atoms with Gasteiger partial charge < -0.3 is 5.73 Å². The van der Waals surface area contributed by atoms with Gasteiger partial charge in [-0.1, -0.05) is 19.1 Å². The highest BCUT2D eigenvalue weighted by Crippen LogP contribution is 2.05. The summed E-state index contributed by atoms with van der Waals surface area (Å²) in [7, 11) is 0. The Hall–Kier alpha value is -2.16. The third-order valence-corrected chi connectivity index (χ3v) is 2.73. The maximum atomic E-state index is 11.1. The van der Waals surface area contributed by atoms with Gasteiger partial charge in [-0.05, 0) is 18.1 Å². The number of nitrogens with two attached hydrogens (primary N) is 1. The number of carbonyl (C=O) groups is 1. The van der Waals surface area contributed by atoms with E-state index in [2.05, 4.69) is 19.1 Å². The number of carbonyl (C=O) groups excluding carboxylic acids is 1. The Kier molecular flexibility index (Phi) is 3.19. The normalized spacial score (nSPS) is 10.2. The number of aromatic nitrogens is 1. The SMILES string of the molecule is CCc1ccc(-[n+]2cccc(C(N)=O)c2)cc1. The summed E-state index contributed by atoms with van der Waals surface area (Å²) in [6.45, 7) is 2.12. The van der Waals surface area contributed by atoms with Crippen molar-refractivity contribution in [1.82, 2.24) is 0 Å². The van der Waals surface area contributed by atoms with Gasteiger partial charge in [0.25, 0.3) is 5.91 Å². The molecule has 0 bridgehead atoms. The molecule has 2 N–H and O–H groups in total. The lowest BCUT2D eigenvalue weighted by Gasteiger charge is -1.99. The standard InChI is InChI=1S/C14H14N2O/c1-2-11-5-7-13(8-6-11)16-9-3-4-12(10-16)14(15)17/h3-10H,2H2,1H3,(H-,15,17)/p+1. The lowest BCUT2D eigenvalue weighted by Crippen LogP contribution is -2.31. The van der Waals surface area contributed by atoms with Crippen LogP contribution < -0.4 is 10.3 Å². The van der Waals surface area contributed by atoms with Crippen LogP contribution in [0.2, 0.25) is 0 Å². The number of benzene rings is 1. The van der Waals surface area contributed by atoms with E-state index in [4.69, 9.17) is 5.73 Å². The van der Waals surface area contributed by atoms with E-state index in [1.165, 1.54) is 5.56 Å². The van der Waals surface area contributed by atoms with Crippen LogP contribution in [0.1, 0.15) is 22.8 Å². The Labute approximate surface area is 101 Å². The van der Waals surface area contributed by atoms with Gasteiger partial charge in [-0.25, -0.2) is 0 Å². The van der Waals surface area contributed by atoms with Crippen LogP contribution >= 0.6 is 0 Å². The quantitative estimate of drug-likeness (QED) is 0.796. The maximum absolute atomic E-state index is 11.1. The lowest BCUT2D eigenvalue weighted by atomic mass is 10.1. The minimum Gasteiger partial charge on any atom is -0.365 e. The van der Waals surface area contributed by atoms with Gasteiger partial charge in [-0.3, -0.25) is 4.79 Å². The molecular weight excluding hydrogens is 212 g/mol. The number of amides is 1. The van der Waals surface area contributed by atoms with Crippen LogP contribution in [0.15, 0.2) is 48.8 Å². The molecule has 0 aliphatic rings. The molecule has 1 amide bonds. The van der Waals surface area contributed by atoms with Crippen LogP contribution in [0.5, 0.6) is 0 Å². The fraction of sp³-hybridized carbons (Fsp3) is 0.143. The summed E-state index contributed by atoms with van der Waals surface area (Å²) >= 11 is 0. The molecule has 0 saturated carbocycles. The largest absolute Gasteiger partial charge is 0.365 e. The van der Waals surface area contributed by atoms with Gasteiger partial charge in [0, 0.05) is 18.2 Å². The fourth-order valence-corrected chi connectivity index (χ4v) is 1.69. The number of aryl methyl sites for hydroxylation is 1. The second-order valence-corrected chi connectivity index (χ2v) is 3.88. The fourth-order valence-electron chi connectivity index (χ4n) is 1.69. The van der Waals surface area contributed by atoms with Gasteiger partial charge in [0.05, 0.1) is 0 Å². The summed E-state index contributed by atoms with van der Waals surface area (Å²) in [5, 5.41) is 0. The van der Waals surface area contributed by atoms with Crippen LogP contribution in [-0.4, -0.2) is 5.91 Å². The predicted octanol–water partition coefficient (Wildman–Crippen LogP) is 1.62. The molecule has 0 saturated heterocycles. The summed E-state index contributed by atoms with van der Waals surface area (Å²) in [6, 6.07) is 11.7. The molecule has 3 heteroatoms. The van der Waals surface area contributed by atoms with Crippen molar-refractivity contribution in [3.63, 3.8) is 0 Å². The molecule has 0 aliphatic heterocycles. The topological polar surface area (TPSA) is 47.0 Å². The zero-order valence-electron chi connectivity index (χ0n) is 9.76. The third kappa shape index (κ3) is 2.50. The molecule has 0 fully saturated rings. The Morgan fingerprint density at radius 3 is 2.53 bits per heavy atom. The lowest BCUT2D eigenvalue weighted by molar-refractivity contribution is -0.595. The summed E-state index contributed by atoms with van der Waals surface area (Å²) in [4.78, 5) is 11.1. The van der Waals surface area contributed by atoms with Crippen molar-refractivity contribution in [2.24, 2.45) is 5.73 Å². The van der Waals surface area contributed by atoms with Crippen LogP contribution in [0.3, 0.4) is 0 Å². The Balaban J connectivity index is 2.38. The highest BCUT2D eigenvalue weighted by Gasteiger charge is 2.09. The first-order chi connectivity index (χ1) is 8.20. The maximum Gasteiger partial charge on any atom is 0.254 e. The first kappa shape index (κ1) is 11.3. The monoisotopic (exact) mass is 227 g/mol. The number of pyridine rings is 1. The Bertz CT molecular complexity index is 532. The Morgan fingerprint density at radius 2 is 1.94 bits per heavy atom. The van der Waals surface area contributed by atoms with Crippen LogP contribution in [-0.2, 0) is 6.42 Å².